The van der Waals surface area contributed by atoms with Crippen molar-refractivity contribution >= 4 is 44.0 Å². The highest BCUT2D eigenvalue weighted by molar-refractivity contribution is 9.10. The van der Waals surface area contributed by atoms with Crippen molar-refractivity contribution in [3.05, 3.63) is 75.8 Å². The van der Waals surface area contributed by atoms with Gasteiger partial charge in [-0.1, -0.05) is 58.4 Å². The number of nitrogens with zero attached hydrogens (tertiary/aromatic N) is 1. The van der Waals surface area contributed by atoms with Crippen LogP contribution in [-0.2, 0) is 6.42 Å². The quantitative estimate of drug-likeness (QED) is 0.558. The van der Waals surface area contributed by atoms with Crippen LogP contribution in [-0.4, -0.2) is 14.1 Å². The molecule has 2 heteroatoms. The zero-order valence-corrected chi connectivity index (χ0v) is 14.9. The van der Waals surface area contributed by atoms with Gasteiger partial charge in [-0.3, -0.25) is 0 Å². The van der Waals surface area contributed by atoms with Gasteiger partial charge in [0.05, 0.1) is 0 Å². The Bertz CT molecular complexity index is 920. The van der Waals surface area contributed by atoms with Crippen molar-refractivity contribution in [1.82, 2.24) is 0 Å². The molecule has 114 valence electrons. The molecule has 0 unspecified atom stereocenters. The fourth-order valence-electron chi connectivity index (χ4n) is 3.36. The minimum absolute atomic E-state index is 1.01. The van der Waals surface area contributed by atoms with E-state index >= 15 is 0 Å². The first-order chi connectivity index (χ1) is 11.1. The van der Waals surface area contributed by atoms with E-state index in [2.05, 4.69) is 95.6 Å². The maximum atomic E-state index is 3.68. The topological polar surface area (TPSA) is 3.24 Å². The number of hydrogen-bond donors (Lipinski definition) is 0. The summed E-state index contributed by atoms with van der Waals surface area (Å²) in [5.74, 6) is 0. The predicted octanol–water partition coefficient (Wildman–Crippen LogP) is 5.77. The van der Waals surface area contributed by atoms with E-state index in [4.69, 9.17) is 0 Å². The molecule has 3 aromatic carbocycles. The van der Waals surface area contributed by atoms with Gasteiger partial charge < -0.3 is 4.90 Å². The largest absolute Gasteiger partial charge is 0.378 e. The van der Waals surface area contributed by atoms with Crippen LogP contribution >= 0.6 is 15.9 Å². The molecule has 0 aliphatic heterocycles. The molecular weight excluding hydrogens is 346 g/mol. The van der Waals surface area contributed by atoms with E-state index < -0.39 is 0 Å². The molecule has 1 nitrogen and oxygen atoms in total. The molecule has 0 fully saturated rings. The van der Waals surface area contributed by atoms with Crippen molar-refractivity contribution in [2.24, 2.45) is 0 Å². The minimum Gasteiger partial charge on any atom is -0.378 e. The van der Waals surface area contributed by atoms with Crippen LogP contribution in [0.2, 0.25) is 0 Å². The lowest BCUT2D eigenvalue weighted by Gasteiger charge is -2.12. The summed E-state index contributed by atoms with van der Waals surface area (Å²) < 4.78 is 1.18. The predicted molar refractivity (Wildman–Crippen MR) is 104 cm³/mol. The van der Waals surface area contributed by atoms with Crippen LogP contribution < -0.4 is 4.90 Å². The second-order valence-electron chi connectivity index (χ2n) is 6.27. The van der Waals surface area contributed by atoms with Crippen molar-refractivity contribution in [2.45, 2.75) is 6.42 Å². The minimum atomic E-state index is 1.01. The SMILES string of the molecule is CN(C)c1ccc(/C=C2\Cc3ccc(Br)c4cccc2c34)cc1. The number of benzene rings is 3. The smallest absolute Gasteiger partial charge is 0.0361 e. The van der Waals surface area contributed by atoms with Gasteiger partial charge in [0.25, 0.3) is 0 Å². The lowest BCUT2D eigenvalue weighted by atomic mass is 10.0. The van der Waals surface area contributed by atoms with E-state index in [0.29, 0.717) is 0 Å². The highest BCUT2D eigenvalue weighted by atomic mass is 79.9. The normalized spacial score (nSPS) is 14.7. The summed E-state index contributed by atoms with van der Waals surface area (Å²) in [5.41, 5.74) is 6.69. The Kier molecular flexibility index (Phi) is 3.50. The Morgan fingerprint density at radius 2 is 1.74 bits per heavy atom. The highest BCUT2D eigenvalue weighted by Gasteiger charge is 2.19. The third kappa shape index (κ3) is 2.47. The number of rotatable bonds is 2. The van der Waals surface area contributed by atoms with Crippen molar-refractivity contribution in [3.8, 4) is 0 Å². The van der Waals surface area contributed by atoms with Gasteiger partial charge in [0.2, 0.25) is 0 Å². The molecule has 1 aliphatic rings. The molecule has 1 aliphatic carbocycles. The van der Waals surface area contributed by atoms with E-state index in [0.717, 1.165) is 6.42 Å². The summed E-state index contributed by atoms with van der Waals surface area (Å²) in [4.78, 5) is 2.13. The first-order valence-electron chi connectivity index (χ1n) is 7.82. The summed E-state index contributed by atoms with van der Waals surface area (Å²) in [5, 5.41) is 2.71. The van der Waals surface area contributed by atoms with Crippen LogP contribution in [0.15, 0.2) is 59.1 Å². The Morgan fingerprint density at radius 1 is 0.957 bits per heavy atom. The monoisotopic (exact) mass is 363 g/mol. The van der Waals surface area contributed by atoms with Gasteiger partial charge in [-0.05, 0) is 57.7 Å². The number of halogens is 1. The van der Waals surface area contributed by atoms with Crippen molar-refractivity contribution in [1.29, 1.82) is 0 Å². The van der Waals surface area contributed by atoms with Gasteiger partial charge in [-0.2, -0.15) is 0 Å². The van der Waals surface area contributed by atoms with E-state index in [9.17, 15) is 0 Å². The summed E-state index contributed by atoms with van der Waals surface area (Å²) in [6.45, 7) is 0. The molecule has 23 heavy (non-hydrogen) atoms. The molecule has 0 bridgehead atoms. The summed E-state index contributed by atoms with van der Waals surface area (Å²) in [7, 11) is 4.14. The Morgan fingerprint density at radius 3 is 2.48 bits per heavy atom. The molecule has 0 heterocycles. The zero-order valence-electron chi connectivity index (χ0n) is 13.3. The van der Waals surface area contributed by atoms with E-state index in [-0.39, 0.29) is 0 Å². The number of anilines is 1. The molecular formula is C21H18BrN. The Labute approximate surface area is 145 Å². The molecule has 0 spiro atoms. The van der Waals surface area contributed by atoms with Gasteiger partial charge in [0, 0.05) is 24.3 Å². The third-order valence-electron chi connectivity index (χ3n) is 4.55. The molecule has 3 aromatic rings. The van der Waals surface area contributed by atoms with Crippen LogP contribution in [0.4, 0.5) is 5.69 Å². The van der Waals surface area contributed by atoms with Crippen molar-refractivity contribution in [3.63, 3.8) is 0 Å². The first kappa shape index (κ1) is 14.5. The lowest BCUT2D eigenvalue weighted by molar-refractivity contribution is 1.13. The Hall–Kier alpha value is -2.06. The lowest BCUT2D eigenvalue weighted by Crippen LogP contribution is -2.07. The standard InChI is InChI=1S/C21H18BrN/c1-23(2)17-9-6-14(7-10-17)12-16-13-15-8-11-20(22)19-5-3-4-18(16)21(15)19/h3-12H,13H2,1-2H3/b16-12+. The first-order valence-corrected chi connectivity index (χ1v) is 8.61. The zero-order chi connectivity index (χ0) is 16.0. The molecule has 0 saturated heterocycles. The van der Waals surface area contributed by atoms with Gasteiger partial charge in [-0.25, -0.2) is 0 Å². The molecule has 0 aromatic heterocycles. The maximum Gasteiger partial charge on any atom is 0.0361 e. The van der Waals surface area contributed by atoms with Crippen LogP contribution in [0, 0.1) is 0 Å². The number of allylic oxidation sites excluding steroid dienone is 1. The van der Waals surface area contributed by atoms with Gasteiger partial charge in [0.1, 0.15) is 0 Å². The average molecular weight is 364 g/mol. The van der Waals surface area contributed by atoms with Crippen LogP contribution in [0.5, 0.6) is 0 Å². The van der Waals surface area contributed by atoms with Crippen molar-refractivity contribution < 1.29 is 0 Å². The fourth-order valence-corrected chi connectivity index (χ4v) is 3.82. The molecule has 0 saturated carbocycles. The van der Waals surface area contributed by atoms with Gasteiger partial charge in [-0.15, -0.1) is 0 Å². The third-order valence-corrected chi connectivity index (χ3v) is 5.24. The highest BCUT2D eigenvalue weighted by Crippen LogP contribution is 2.41. The van der Waals surface area contributed by atoms with Crippen LogP contribution in [0.1, 0.15) is 16.7 Å². The van der Waals surface area contributed by atoms with E-state index in [1.807, 2.05) is 0 Å². The molecule has 4 rings (SSSR count). The summed E-state index contributed by atoms with van der Waals surface area (Å²) in [6, 6.07) is 19.7. The average Bonchev–Trinajstić information content (AvgIpc) is 2.91. The summed E-state index contributed by atoms with van der Waals surface area (Å²) in [6.07, 6.45) is 3.33. The second kappa shape index (κ2) is 5.54. The fraction of sp³-hybridized carbons (Fsp3) is 0.143. The van der Waals surface area contributed by atoms with Crippen LogP contribution in [0.3, 0.4) is 0 Å². The van der Waals surface area contributed by atoms with E-state index in [1.165, 1.54) is 43.2 Å². The number of hydrogen-bond acceptors (Lipinski definition) is 1. The maximum absolute atomic E-state index is 3.68. The van der Waals surface area contributed by atoms with Crippen LogP contribution in [0.25, 0.3) is 22.4 Å². The summed E-state index contributed by atoms with van der Waals surface area (Å²) >= 11 is 3.68. The molecule has 0 amide bonds. The van der Waals surface area contributed by atoms with E-state index in [1.54, 1.807) is 0 Å². The second-order valence-corrected chi connectivity index (χ2v) is 7.12. The molecule has 0 radical (unpaired) electrons. The van der Waals surface area contributed by atoms with Gasteiger partial charge >= 0.3 is 0 Å². The Balaban J connectivity index is 1.80. The van der Waals surface area contributed by atoms with Crippen molar-refractivity contribution in [2.75, 3.05) is 19.0 Å². The molecule has 0 N–H and O–H groups in total. The molecule has 0 atom stereocenters. The van der Waals surface area contributed by atoms with Gasteiger partial charge in [0.15, 0.2) is 0 Å².